The van der Waals surface area contributed by atoms with Gasteiger partial charge >= 0.3 is 0 Å². The molecular formula is C35H36N12O9S2. The molecule has 1 fully saturated rings. The van der Waals surface area contributed by atoms with Crippen LogP contribution in [0.1, 0.15) is 6.92 Å². The Hall–Kier alpha value is -6.18. The highest BCUT2D eigenvalue weighted by atomic mass is 32.2. The molecule has 6 N–H and O–H groups in total. The van der Waals surface area contributed by atoms with Gasteiger partial charge in [0.05, 0.1) is 52.9 Å². The highest BCUT2D eigenvalue weighted by Crippen LogP contribution is 2.34. The van der Waals surface area contributed by atoms with Crippen molar-refractivity contribution in [2.24, 2.45) is 20.5 Å². The van der Waals surface area contributed by atoms with E-state index in [9.17, 15) is 17.8 Å². The Balaban J connectivity index is 1.27. The Kier molecular flexibility index (Phi) is 14.1. The smallest absolute Gasteiger partial charge is 0.294 e. The Labute approximate surface area is 335 Å². The topological polar surface area (TPSA) is 268 Å². The van der Waals surface area contributed by atoms with Crippen molar-refractivity contribution in [3.05, 3.63) is 84.9 Å². The highest BCUT2D eigenvalue weighted by molar-refractivity contribution is 7.94. The Morgan fingerprint density at radius 2 is 1.47 bits per heavy atom. The van der Waals surface area contributed by atoms with Crippen molar-refractivity contribution < 1.29 is 41.9 Å². The van der Waals surface area contributed by atoms with Gasteiger partial charge in [-0.3, -0.25) is 9.35 Å². The summed E-state index contributed by atoms with van der Waals surface area (Å²) in [4.78, 5) is 28.4. The van der Waals surface area contributed by atoms with Crippen molar-refractivity contribution in [1.82, 2.24) is 15.0 Å². The second kappa shape index (κ2) is 19.8. The molecule has 1 amide bonds. The van der Waals surface area contributed by atoms with E-state index in [0.717, 1.165) is 12.0 Å². The van der Waals surface area contributed by atoms with Crippen LogP contribution in [0.5, 0.6) is 0 Å². The van der Waals surface area contributed by atoms with Crippen LogP contribution in [-0.2, 0) is 33.8 Å². The average Bonchev–Trinajstić information content (AvgIpc) is 3.21. The minimum atomic E-state index is -4.42. The van der Waals surface area contributed by atoms with Crippen molar-refractivity contribution in [2.75, 3.05) is 66.3 Å². The lowest BCUT2D eigenvalue weighted by atomic mass is 10.2. The lowest BCUT2D eigenvalue weighted by Crippen LogP contribution is -2.37. The van der Waals surface area contributed by atoms with Gasteiger partial charge in [-0.05, 0) is 72.8 Å². The second-order valence-corrected chi connectivity index (χ2v) is 14.2. The molecule has 58 heavy (non-hydrogen) atoms. The van der Waals surface area contributed by atoms with Gasteiger partial charge < -0.3 is 35.6 Å². The number of anilines is 7. The molecule has 0 radical (unpaired) electrons. The number of amides is 1. The predicted molar refractivity (Wildman–Crippen MR) is 214 cm³/mol. The van der Waals surface area contributed by atoms with Gasteiger partial charge in [-0.1, -0.05) is 17.2 Å². The SMILES string of the molecule is COCNc1cc(Nc2nc(Nc3ccc(N=Nc4cccc(SOOO)c4)c(NC(C)=O)c3)nc(N3CCOCC3)n2)ccc1N=Nc1cccc(S(=O)(=O)O)c1. The number of aromatic nitrogens is 3. The number of methoxy groups -OCH3 is 1. The fourth-order valence-electron chi connectivity index (χ4n) is 5.20. The van der Waals surface area contributed by atoms with Gasteiger partial charge in [-0.15, -0.1) is 14.6 Å². The summed E-state index contributed by atoms with van der Waals surface area (Å²) in [7, 11) is -2.90. The summed E-state index contributed by atoms with van der Waals surface area (Å²) in [6.45, 7) is 3.60. The first-order valence-corrected chi connectivity index (χ1v) is 19.3. The Morgan fingerprint density at radius 3 is 2.09 bits per heavy atom. The fourth-order valence-corrected chi connectivity index (χ4v) is 6.14. The summed E-state index contributed by atoms with van der Waals surface area (Å²) < 4.78 is 47.8. The summed E-state index contributed by atoms with van der Waals surface area (Å²) in [5.74, 6) is 0.466. The third kappa shape index (κ3) is 11.9. The lowest BCUT2D eigenvalue weighted by Gasteiger charge is -2.27. The number of ether oxygens (including phenoxy) is 2. The molecule has 0 bridgehead atoms. The Bertz CT molecular complexity index is 2400. The molecule has 1 saturated heterocycles. The molecule has 0 spiro atoms. The van der Waals surface area contributed by atoms with Crippen molar-refractivity contribution in [1.29, 1.82) is 0 Å². The van der Waals surface area contributed by atoms with Gasteiger partial charge in [0.25, 0.3) is 10.1 Å². The van der Waals surface area contributed by atoms with E-state index in [4.69, 9.17) is 14.7 Å². The van der Waals surface area contributed by atoms with Crippen LogP contribution < -0.4 is 26.2 Å². The third-order valence-electron chi connectivity index (χ3n) is 7.78. The maximum Gasteiger partial charge on any atom is 0.294 e. The first-order chi connectivity index (χ1) is 28.1. The zero-order chi connectivity index (χ0) is 40.9. The van der Waals surface area contributed by atoms with Gasteiger partial charge in [0.1, 0.15) is 18.1 Å². The van der Waals surface area contributed by atoms with Gasteiger partial charge in [0, 0.05) is 43.4 Å². The van der Waals surface area contributed by atoms with Gasteiger partial charge in [0.2, 0.25) is 23.8 Å². The number of rotatable bonds is 17. The summed E-state index contributed by atoms with van der Waals surface area (Å²) >= 11 is 0.783. The number of nitrogens with zero attached hydrogens (tertiary/aromatic N) is 8. The van der Waals surface area contributed by atoms with Crippen LogP contribution in [0.2, 0.25) is 0 Å². The van der Waals surface area contributed by atoms with Gasteiger partial charge in [-0.25, -0.2) is 5.26 Å². The van der Waals surface area contributed by atoms with Crippen LogP contribution in [-0.4, -0.2) is 79.2 Å². The monoisotopic (exact) mass is 832 g/mol. The molecule has 1 aliphatic heterocycles. The van der Waals surface area contributed by atoms with E-state index in [-0.39, 0.29) is 35.1 Å². The van der Waals surface area contributed by atoms with Crippen molar-refractivity contribution in [3.63, 3.8) is 0 Å². The first-order valence-electron chi connectivity index (χ1n) is 17.1. The van der Waals surface area contributed by atoms with Crippen LogP contribution in [0.3, 0.4) is 0 Å². The molecular weight excluding hydrogens is 797 g/mol. The van der Waals surface area contributed by atoms with E-state index >= 15 is 0 Å². The molecule has 6 rings (SSSR count). The standard InChI is InChI=1S/C35H36N12O9S2/c1-22(48)37-32-20-24(10-12-30(32)46-43-25-5-3-7-27(17-25)57-56-55-49)39-34-40-33(41-35(42-34)47-13-15-54-16-14-47)38-23-9-11-29(31(19-23)36-21-53-2)45-44-26-6-4-8-28(18-26)58(50,51)52/h3-12,17-20,36,49H,13-16,21H2,1-2H3,(H,37,48)(H,50,51,52)(H2,38,39,40,41,42). The van der Waals surface area contributed by atoms with Crippen LogP contribution in [0, 0.1) is 0 Å². The molecule has 0 atom stereocenters. The van der Waals surface area contributed by atoms with Crippen LogP contribution >= 0.6 is 12.0 Å². The number of nitrogens with one attached hydrogen (secondary N) is 4. The summed E-state index contributed by atoms with van der Waals surface area (Å²) in [6.07, 6.45) is 0. The van der Waals surface area contributed by atoms with Crippen LogP contribution in [0.25, 0.3) is 0 Å². The largest absolute Gasteiger partial charge is 0.378 e. The molecule has 21 nitrogen and oxygen atoms in total. The number of benzene rings is 4. The van der Waals surface area contributed by atoms with Crippen LogP contribution in [0.15, 0.2) is 115 Å². The van der Waals surface area contributed by atoms with Crippen molar-refractivity contribution in [3.8, 4) is 0 Å². The van der Waals surface area contributed by atoms with E-state index in [0.29, 0.717) is 77.0 Å². The number of hydrogen-bond donors (Lipinski definition) is 6. The fraction of sp³-hybridized carbons (Fsp3) is 0.200. The third-order valence-corrected chi connectivity index (χ3v) is 9.21. The van der Waals surface area contributed by atoms with E-state index < -0.39 is 10.1 Å². The van der Waals surface area contributed by atoms with E-state index in [1.54, 1.807) is 66.7 Å². The summed E-state index contributed by atoms with van der Waals surface area (Å²) in [6, 6.07) is 22.5. The van der Waals surface area contributed by atoms with E-state index in [1.165, 1.54) is 32.2 Å². The molecule has 4 aromatic carbocycles. The predicted octanol–water partition coefficient (Wildman–Crippen LogP) is 7.68. The molecule has 0 aliphatic carbocycles. The molecule has 1 aromatic heterocycles. The van der Waals surface area contributed by atoms with Crippen molar-refractivity contribution >= 4 is 91.4 Å². The van der Waals surface area contributed by atoms with E-state index in [1.807, 2.05) is 4.90 Å². The maximum atomic E-state index is 12.2. The van der Waals surface area contributed by atoms with Gasteiger partial charge in [0.15, 0.2) is 0 Å². The van der Waals surface area contributed by atoms with E-state index in [2.05, 4.69) is 66.0 Å². The summed E-state index contributed by atoms with van der Waals surface area (Å²) in [5.41, 5.74) is 3.43. The normalized spacial score (nSPS) is 13.2. The maximum absolute atomic E-state index is 12.2. The number of morpholine rings is 1. The minimum Gasteiger partial charge on any atom is -0.378 e. The molecule has 302 valence electrons. The van der Waals surface area contributed by atoms with Crippen molar-refractivity contribution in [2.45, 2.75) is 16.7 Å². The Morgan fingerprint density at radius 1 is 0.845 bits per heavy atom. The van der Waals surface area contributed by atoms with Gasteiger partial charge in [-0.2, -0.15) is 33.6 Å². The minimum absolute atomic E-state index is 0.134. The van der Waals surface area contributed by atoms with Crippen LogP contribution in [0.4, 0.5) is 63.3 Å². The molecule has 5 aromatic rings. The lowest BCUT2D eigenvalue weighted by molar-refractivity contribution is -0.432. The molecule has 1 aliphatic rings. The highest BCUT2D eigenvalue weighted by Gasteiger charge is 2.18. The molecule has 0 saturated carbocycles. The zero-order valence-electron chi connectivity index (χ0n) is 30.8. The first kappa shape index (κ1) is 41.5. The number of carbonyl (C=O) groups is 1. The second-order valence-electron chi connectivity index (χ2n) is 12.0. The number of carbonyl (C=O) groups excluding carboxylic acids is 1. The molecule has 2 heterocycles. The molecule has 23 heteroatoms. The zero-order valence-corrected chi connectivity index (χ0v) is 32.4. The molecule has 0 unspecified atom stereocenters. The average molecular weight is 833 g/mol. The quantitative estimate of drug-likeness (QED) is 0.0131. The number of azo groups is 2. The number of hydrogen-bond acceptors (Lipinski definition) is 20. The summed E-state index contributed by atoms with van der Waals surface area (Å²) in [5, 5.41) is 41.5.